The highest BCUT2D eigenvalue weighted by Crippen LogP contribution is 2.31. The fourth-order valence-electron chi connectivity index (χ4n) is 1.45. The molecule has 2 aromatic rings. The van der Waals surface area contributed by atoms with Gasteiger partial charge in [0, 0.05) is 17.7 Å². The van der Waals surface area contributed by atoms with Crippen LogP contribution in [0, 0.1) is 10.1 Å². The Morgan fingerprint density at radius 1 is 1.38 bits per heavy atom. The number of hydrogen-bond acceptors (Lipinski definition) is 7. The Labute approximate surface area is 117 Å². The third kappa shape index (κ3) is 3.15. The molecule has 1 aromatic heterocycles. The zero-order valence-corrected chi connectivity index (χ0v) is 10.4. The number of phenolic OH excluding ortho intramolecular Hbond substituents is 2. The number of nitro groups is 1. The topological polar surface area (TPSA) is 138 Å². The molecule has 1 aromatic carbocycles. The Morgan fingerprint density at radius 3 is 2.76 bits per heavy atom. The largest absolute Gasteiger partial charge is 0.507 e. The minimum atomic E-state index is -0.812. The number of carbonyl (C=O) groups is 1. The third-order valence-electron chi connectivity index (χ3n) is 2.44. The molecular weight excluding hydrogens is 282 g/mol. The lowest BCUT2D eigenvalue weighted by Crippen LogP contribution is -2.16. The molecule has 0 unspecified atom stereocenters. The monoisotopic (exact) mass is 291 g/mol. The second-order valence-electron chi connectivity index (χ2n) is 3.83. The van der Waals surface area contributed by atoms with Gasteiger partial charge in [-0.15, -0.1) is 0 Å². The maximum absolute atomic E-state index is 11.5. The summed E-state index contributed by atoms with van der Waals surface area (Å²) >= 11 is 0. The van der Waals surface area contributed by atoms with Crippen molar-refractivity contribution in [1.29, 1.82) is 0 Å². The Kier molecular flexibility index (Phi) is 3.84. The van der Waals surface area contributed by atoms with Crippen molar-refractivity contribution in [1.82, 2.24) is 5.43 Å². The van der Waals surface area contributed by atoms with Gasteiger partial charge in [-0.25, -0.2) is 5.43 Å². The highest BCUT2D eigenvalue weighted by molar-refractivity contribution is 5.92. The summed E-state index contributed by atoms with van der Waals surface area (Å²) in [6, 6.07) is 4.68. The van der Waals surface area contributed by atoms with Gasteiger partial charge in [-0.3, -0.25) is 14.9 Å². The first-order valence-corrected chi connectivity index (χ1v) is 5.56. The van der Waals surface area contributed by atoms with Crippen LogP contribution >= 0.6 is 0 Å². The maximum Gasteiger partial charge on any atom is 0.311 e. The van der Waals surface area contributed by atoms with Gasteiger partial charge in [-0.1, -0.05) is 0 Å². The number of hydrazone groups is 1. The van der Waals surface area contributed by atoms with Crippen LogP contribution in [-0.2, 0) is 0 Å². The highest BCUT2D eigenvalue weighted by Gasteiger charge is 2.16. The average molecular weight is 291 g/mol. The molecular formula is C12H9N3O6. The van der Waals surface area contributed by atoms with Crippen molar-refractivity contribution < 1.29 is 24.3 Å². The molecule has 0 atom stereocenters. The number of hydrogen-bond donors (Lipinski definition) is 3. The van der Waals surface area contributed by atoms with Crippen molar-refractivity contribution in [3.05, 3.63) is 52.0 Å². The molecule has 0 spiro atoms. The van der Waals surface area contributed by atoms with Crippen LogP contribution in [0.2, 0.25) is 0 Å². The normalized spacial score (nSPS) is 10.7. The molecule has 0 aliphatic heterocycles. The molecule has 3 N–H and O–H groups in total. The number of carbonyl (C=O) groups excluding carboxylic acids is 1. The molecule has 108 valence electrons. The van der Waals surface area contributed by atoms with E-state index >= 15 is 0 Å². The zero-order valence-electron chi connectivity index (χ0n) is 10.4. The number of nitro benzene ring substituents is 1. The fraction of sp³-hybridized carbons (Fsp3) is 0. The number of benzene rings is 1. The summed E-state index contributed by atoms with van der Waals surface area (Å²) in [5, 5.41) is 33.0. The van der Waals surface area contributed by atoms with E-state index in [1.54, 1.807) is 0 Å². The third-order valence-corrected chi connectivity index (χ3v) is 2.44. The summed E-state index contributed by atoms with van der Waals surface area (Å²) in [5.41, 5.74) is 1.48. The maximum atomic E-state index is 11.5. The predicted octanol–water partition coefficient (Wildman–Crippen LogP) is 1.36. The van der Waals surface area contributed by atoms with Crippen molar-refractivity contribution >= 4 is 17.8 Å². The van der Waals surface area contributed by atoms with Crippen LogP contribution in [0.4, 0.5) is 5.69 Å². The van der Waals surface area contributed by atoms with E-state index in [0.29, 0.717) is 0 Å². The summed E-state index contributed by atoms with van der Waals surface area (Å²) in [4.78, 5) is 21.3. The van der Waals surface area contributed by atoms with Crippen LogP contribution in [0.3, 0.4) is 0 Å². The summed E-state index contributed by atoms with van der Waals surface area (Å²) in [5.74, 6) is -1.68. The second kappa shape index (κ2) is 5.74. The average Bonchev–Trinajstić information content (AvgIpc) is 2.94. The summed E-state index contributed by atoms with van der Waals surface area (Å²) < 4.78 is 4.83. The Morgan fingerprint density at radius 2 is 2.14 bits per heavy atom. The van der Waals surface area contributed by atoms with Gasteiger partial charge in [-0.2, -0.15) is 5.10 Å². The SMILES string of the molecule is O=C(NN=Cc1cc([N+](=O)[O-])c(O)cc1O)c1ccco1. The lowest BCUT2D eigenvalue weighted by molar-refractivity contribution is -0.385. The summed E-state index contributed by atoms with van der Waals surface area (Å²) in [6.07, 6.45) is 2.32. The fourth-order valence-corrected chi connectivity index (χ4v) is 1.45. The molecule has 21 heavy (non-hydrogen) atoms. The van der Waals surface area contributed by atoms with Gasteiger partial charge in [0.05, 0.1) is 17.4 Å². The van der Waals surface area contributed by atoms with Gasteiger partial charge in [0.25, 0.3) is 0 Å². The van der Waals surface area contributed by atoms with Crippen LogP contribution in [0.5, 0.6) is 11.5 Å². The molecule has 0 saturated carbocycles. The number of amides is 1. The molecule has 9 heteroatoms. The minimum Gasteiger partial charge on any atom is -0.507 e. The smallest absolute Gasteiger partial charge is 0.311 e. The highest BCUT2D eigenvalue weighted by atomic mass is 16.6. The van der Waals surface area contributed by atoms with Gasteiger partial charge in [0.2, 0.25) is 0 Å². The van der Waals surface area contributed by atoms with Crippen molar-refractivity contribution in [3.63, 3.8) is 0 Å². The Hall–Kier alpha value is -3.36. The van der Waals surface area contributed by atoms with Crippen molar-refractivity contribution in [2.75, 3.05) is 0 Å². The van der Waals surface area contributed by atoms with Gasteiger partial charge < -0.3 is 14.6 Å². The van der Waals surface area contributed by atoms with E-state index in [-0.39, 0.29) is 11.3 Å². The Balaban J connectivity index is 2.15. The van der Waals surface area contributed by atoms with E-state index < -0.39 is 28.0 Å². The number of nitrogens with one attached hydrogen (secondary N) is 1. The molecule has 0 fully saturated rings. The van der Waals surface area contributed by atoms with Crippen LogP contribution in [0.1, 0.15) is 16.1 Å². The Bertz CT molecular complexity index is 708. The number of phenols is 2. The molecule has 1 heterocycles. The molecule has 2 rings (SSSR count). The molecule has 0 aliphatic carbocycles. The second-order valence-corrected chi connectivity index (χ2v) is 3.83. The standard InChI is InChI=1S/C12H9N3O6/c16-9-5-10(17)8(15(19)20)4-7(9)6-13-14-12(18)11-2-1-3-21-11/h1-6,16-17H,(H,14,18). The first kappa shape index (κ1) is 14.1. The number of rotatable bonds is 4. The van der Waals surface area contributed by atoms with Crippen LogP contribution in [-0.4, -0.2) is 27.3 Å². The lowest BCUT2D eigenvalue weighted by Gasteiger charge is -2.01. The lowest BCUT2D eigenvalue weighted by atomic mass is 10.2. The van der Waals surface area contributed by atoms with Crippen molar-refractivity contribution in [2.24, 2.45) is 5.10 Å². The van der Waals surface area contributed by atoms with Gasteiger partial charge >= 0.3 is 11.6 Å². The molecule has 0 radical (unpaired) electrons. The minimum absolute atomic E-state index is 0.0352. The quantitative estimate of drug-likeness (QED) is 0.441. The zero-order chi connectivity index (χ0) is 15.4. The first-order valence-electron chi connectivity index (χ1n) is 5.56. The molecule has 0 aliphatic rings. The molecule has 1 amide bonds. The molecule has 9 nitrogen and oxygen atoms in total. The van der Waals surface area contributed by atoms with E-state index in [1.165, 1.54) is 18.4 Å². The number of furan rings is 1. The van der Waals surface area contributed by atoms with Crippen molar-refractivity contribution in [2.45, 2.75) is 0 Å². The van der Waals surface area contributed by atoms with Gasteiger partial charge in [-0.05, 0) is 12.1 Å². The van der Waals surface area contributed by atoms with Gasteiger partial charge in [0.15, 0.2) is 11.5 Å². The predicted molar refractivity (Wildman–Crippen MR) is 70.2 cm³/mol. The van der Waals surface area contributed by atoms with Gasteiger partial charge in [0.1, 0.15) is 5.75 Å². The number of aromatic hydroxyl groups is 2. The van der Waals surface area contributed by atoms with Crippen LogP contribution in [0.25, 0.3) is 0 Å². The van der Waals surface area contributed by atoms with E-state index in [2.05, 4.69) is 10.5 Å². The van der Waals surface area contributed by atoms with Crippen molar-refractivity contribution in [3.8, 4) is 11.5 Å². The molecule has 0 saturated heterocycles. The summed E-state index contributed by atoms with van der Waals surface area (Å²) in [6.45, 7) is 0. The van der Waals surface area contributed by atoms with E-state index in [4.69, 9.17) is 4.42 Å². The first-order chi connectivity index (χ1) is 9.99. The van der Waals surface area contributed by atoms with E-state index in [1.807, 2.05) is 0 Å². The van der Waals surface area contributed by atoms with E-state index in [0.717, 1.165) is 18.3 Å². The number of nitrogens with zero attached hydrogens (tertiary/aromatic N) is 2. The molecule has 0 bridgehead atoms. The van der Waals surface area contributed by atoms with Crippen LogP contribution < -0.4 is 5.43 Å². The van der Waals surface area contributed by atoms with Crippen LogP contribution in [0.15, 0.2) is 40.0 Å². The van der Waals surface area contributed by atoms with E-state index in [9.17, 15) is 25.1 Å². The summed E-state index contributed by atoms with van der Waals surface area (Å²) in [7, 11) is 0.